The molecule has 0 unspecified atom stereocenters. The van der Waals surface area contributed by atoms with Crippen LogP contribution in [0.3, 0.4) is 0 Å². The summed E-state index contributed by atoms with van der Waals surface area (Å²) in [7, 11) is 0. The van der Waals surface area contributed by atoms with Crippen LogP contribution in [0, 0.1) is 0 Å². The number of fused-ring (bicyclic) bond motifs is 1. The minimum Gasteiger partial charge on any atom is -0.298 e. The maximum atomic E-state index is 13.0. The number of H-pyrrole nitrogens is 1. The summed E-state index contributed by atoms with van der Waals surface area (Å²) in [5, 5.41) is 2.01. The van der Waals surface area contributed by atoms with Gasteiger partial charge in [-0.15, -0.1) is 11.3 Å². The highest BCUT2D eigenvalue weighted by molar-refractivity contribution is 7.17. The van der Waals surface area contributed by atoms with Crippen LogP contribution in [-0.4, -0.2) is 9.55 Å². The summed E-state index contributed by atoms with van der Waals surface area (Å²) < 4.78 is 39.7. The van der Waals surface area contributed by atoms with E-state index in [1.807, 2.05) is 30.3 Å². The van der Waals surface area contributed by atoms with Gasteiger partial charge in [0.05, 0.1) is 16.6 Å². The van der Waals surface area contributed by atoms with Gasteiger partial charge in [-0.3, -0.25) is 9.78 Å². The molecule has 0 aliphatic heterocycles. The molecular formula is C19H11F3N2O2S. The minimum absolute atomic E-state index is 0.136. The maximum absolute atomic E-state index is 13.0. The monoisotopic (exact) mass is 388 g/mol. The van der Waals surface area contributed by atoms with Crippen molar-refractivity contribution in [1.29, 1.82) is 0 Å². The van der Waals surface area contributed by atoms with Crippen LogP contribution in [0.15, 0.2) is 69.6 Å². The fraction of sp³-hybridized carbons (Fsp3) is 0.0526. The third-order valence-electron chi connectivity index (χ3n) is 4.15. The largest absolute Gasteiger partial charge is 0.416 e. The predicted octanol–water partition coefficient (Wildman–Crippen LogP) is 4.43. The van der Waals surface area contributed by atoms with Crippen LogP contribution < -0.4 is 11.2 Å². The van der Waals surface area contributed by atoms with Crippen LogP contribution in [-0.2, 0) is 6.18 Å². The third-order valence-corrected chi connectivity index (χ3v) is 5.04. The van der Waals surface area contributed by atoms with Gasteiger partial charge in [0, 0.05) is 10.9 Å². The van der Waals surface area contributed by atoms with E-state index in [1.165, 1.54) is 23.5 Å². The molecule has 0 aliphatic carbocycles. The second kappa shape index (κ2) is 6.24. The molecule has 0 aliphatic rings. The third kappa shape index (κ3) is 2.97. The Hall–Kier alpha value is -3.13. The van der Waals surface area contributed by atoms with Gasteiger partial charge in [-0.2, -0.15) is 13.2 Å². The molecule has 2 heterocycles. The van der Waals surface area contributed by atoms with Gasteiger partial charge >= 0.3 is 11.9 Å². The van der Waals surface area contributed by atoms with Crippen molar-refractivity contribution in [2.75, 3.05) is 0 Å². The number of hydrogen-bond donors (Lipinski definition) is 1. The lowest BCUT2D eigenvalue weighted by Crippen LogP contribution is -2.33. The number of thiophene rings is 1. The number of benzene rings is 2. The molecule has 136 valence electrons. The van der Waals surface area contributed by atoms with Crippen molar-refractivity contribution >= 4 is 21.6 Å². The molecule has 0 bridgehead atoms. The fourth-order valence-electron chi connectivity index (χ4n) is 2.91. The first-order valence-electron chi connectivity index (χ1n) is 7.86. The van der Waals surface area contributed by atoms with Gasteiger partial charge < -0.3 is 0 Å². The van der Waals surface area contributed by atoms with E-state index in [0.717, 1.165) is 22.3 Å². The lowest BCUT2D eigenvalue weighted by molar-refractivity contribution is -0.137. The van der Waals surface area contributed by atoms with Crippen molar-refractivity contribution in [3.63, 3.8) is 0 Å². The number of nitrogens with zero attached hydrogens (tertiary/aromatic N) is 1. The Morgan fingerprint density at radius 2 is 1.70 bits per heavy atom. The molecule has 4 aromatic rings. The molecule has 0 spiro atoms. The van der Waals surface area contributed by atoms with Gasteiger partial charge in [0.25, 0.3) is 5.56 Å². The van der Waals surface area contributed by atoms with Crippen LogP contribution in [0.5, 0.6) is 0 Å². The first kappa shape index (κ1) is 17.3. The second-order valence-corrected chi connectivity index (χ2v) is 6.72. The molecule has 0 amide bonds. The lowest BCUT2D eigenvalue weighted by atomic mass is 10.1. The molecule has 0 radical (unpaired) electrons. The standard InChI is InChI=1S/C19H11F3N2O2S/c20-19(21,22)12-7-4-8-13(9-12)24-17(25)15-14(11-5-2-1-3-6-11)10-27-16(15)23-18(24)26/h1-10H,(H,23,26). The first-order chi connectivity index (χ1) is 12.9. The molecule has 4 rings (SSSR count). The number of halogens is 3. The lowest BCUT2D eigenvalue weighted by Gasteiger charge is -2.10. The Bertz CT molecular complexity index is 1250. The van der Waals surface area contributed by atoms with E-state index in [4.69, 9.17) is 0 Å². The Labute approximate surface area is 154 Å². The Morgan fingerprint density at radius 3 is 2.41 bits per heavy atom. The van der Waals surface area contributed by atoms with Gasteiger partial charge in [-0.25, -0.2) is 9.36 Å². The Balaban J connectivity index is 2.01. The van der Waals surface area contributed by atoms with Crippen molar-refractivity contribution in [1.82, 2.24) is 9.55 Å². The zero-order valence-corrected chi connectivity index (χ0v) is 14.4. The van der Waals surface area contributed by atoms with E-state index in [-0.39, 0.29) is 11.1 Å². The summed E-state index contributed by atoms with van der Waals surface area (Å²) in [5.74, 6) is 0. The summed E-state index contributed by atoms with van der Waals surface area (Å²) in [4.78, 5) is 28.4. The number of hydrogen-bond acceptors (Lipinski definition) is 3. The smallest absolute Gasteiger partial charge is 0.298 e. The molecule has 0 atom stereocenters. The molecule has 27 heavy (non-hydrogen) atoms. The van der Waals surface area contributed by atoms with Gasteiger partial charge in [0.1, 0.15) is 4.83 Å². The Kier molecular flexibility index (Phi) is 4.00. The van der Waals surface area contributed by atoms with Crippen LogP contribution >= 0.6 is 11.3 Å². The normalized spacial score (nSPS) is 11.8. The highest BCUT2D eigenvalue weighted by atomic mass is 32.1. The molecule has 8 heteroatoms. The fourth-order valence-corrected chi connectivity index (χ4v) is 3.86. The highest BCUT2D eigenvalue weighted by Crippen LogP contribution is 2.31. The molecule has 2 aromatic carbocycles. The molecule has 2 aromatic heterocycles. The second-order valence-electron chi connectivity index (χ2n) is 5.84. The molecule has 0 saturated carbocycles. The molecule has 0 saturated heterocycles. The van der Waals surface area contributed by atoms with E-state index in [1.54, 1.807) is 5.38 Å². The number of aromatic nitrogens is 2. The van der Waals surface area contributed by atoms with Gasteiger partial charge in [0.15, 0.2) is 0 Å². The van der Waals surface area contributed by atoms with E-state index in [2.05, 4.69) is 4.98 Å². The maximum Gasteiger partial charge on any atom is 0.416 e. The molecular weight excluding hydrogens is 377 g/mol. The van der Waals surface area contributed by atoms with E-state index in [0.29, 0.717) is 10.4 Å². The van der Waals surface area contributed by atoms with Gasteiger partial charge in [-0.05, 0) is 23.8 Å². The zero-order valence-electron chi connectivity index (χ0n) is 13.6. The SMILES string of the molecule is O=c1[nH]c2scc(-c3ccccc3)c2c(=O)n1-c1cccc(C(F)(F)F)c1. The van der Waals surface area contributed by atoms with E-state index in [9.17, 15) is 22.8 Å². The van der Waals surface area contributed by atoms with Crippen LogP contribution in [0.25, 0.3) is 27.0 Å². The van der Waals surface area contributed by atoms with E-state index >= 15 is 0 Å². The summed E-state index contributed by atoms with van der Waals surface area (Å²) in [6.45, 7) is 0. The Morgan fingerprint density at radius 1 is 0.963 bits per heavy atom. The summed E-state index contributed by atoms with van der Waals surface area (Å²) in [5.41, 5.74) is -1.11. The summed E-state index contributed by atoms with van der Waals surface area (Å²) >= 11 is 1.20. The van der Waals surface area contributed by atoms with Crippen molar-refractivity contribution in [2.24, 2.45) is 0 Å². The number of rotatable bonds is 2. The minimum atomic E-state index is -4.58. The quantitative estimate of drug-likeness (QED) is 0.553. The molecule has 4 nitrogen and oxygen atoms in total. The topological polar surface area (TPSA) is 54.9 Å². The van der Waals surface area contributed by atoms with Crippen LogP contribution in [0.2, 0.25) is 0 Å². The van der Waals surface area contributed by atoms with Crippen molar-refractivity contribution in [2.45, 2.75) is 6.18 Å². The number of nitrogens with one attached hydrogen (secondary N) is 1. The number of alkyl halides is 3. The average Bonchev–Trinajstić information content (AvgIpc) is 3.06. The zero-order chi connectivity index (χ0) is 19.2. The van der Waals surface area contributed by atoms with Crippen molar-refractivity contribution in [3.05, 3.63) is 86.4 Å². The molecule has 0 fully saturated rings. The van der Waals surface area contributed by atoms with Crippen molar-refractivity contribution < 1.29 is 13.2 Å². The highest BCUT2D eigenvalue weighted by Gasteiger charge is 2.30. The number of aromatic amines is 1. The van der Waals surface area contributed by atoms with Crippen molar-refractivity contribution in [3.8, 4) is 16.8 Å². The first-order valence-corrected chi connectivity index (χ1v) is 8.74. The summed E-state index contributed by atoms with van der Waals surface area (Å²) in [6.07, 6.45) is -4.58. The predicted molar refractivity (Wildman–Crippen MR) is 98.5 cm³/mol. The van der Waals surface area contributed by atoms with E-state index < -0.39 is 23.0 Å². The van der Waals surface area contributed by atoms with Crippen LogP contribution in [0.1, 0.15) is 5.56 Å². The molecule has 1 N–H and O–H groups in total. The van der Waals surface area contributed by atoms with Gasteiger partial charge in [0.2, 0.25) is 0 Å². The van der Waals surface area contributed by atoms with Gasteiger partial charge in [-0.1, -0.05) is 36.4 Å². The summed E-state index contributed by atoms with van der Waals surface area (Å²) in [6, 6.07) is 13.2. The average molecular weight is 388 g/mol. The van der Waals surface area contributed by atoms with Crippen LogP contribution in [0.4, 0.5) is 13.2 Å².